The van der Waals surface area contributed by atoms with Crippen LogP contribution in [0.5, 0.6) is 0 Å². The van der Waals surface area contributed by atoms with E-state index in [9.17, 15) is 4.79 Å². The number of cyclic esters (lactones) is 1. The van der Waals surface area contributed by atoms with E-state index in [0.29, 0.717) is 6.61 Å². The van der Waals surface area contributed by atoms with E-state index in [1.54, 1.807) is 0 Å². The number of rotatable bonds is 0. The van der Waals surface area contributed by atoms with Gasteiger partial charge in [-0.25, -0.2) is 0 Å². The fraction of sp³-hybridized carbons (Fsp3) is 0.750. The number of carbonyl (C=O) groups excluding carboxylic acids is 1. The van der Waals surface area contributed by atoms with Crippen molar-refractivity contribution < 1.29 is 9.53 Å². The van der Waals surface area contributed by atoms with Crippen molar-refractivity contribution in [3.63, 3.8) is 0 Å². The van der Waals surface area contributed by atoms with Gasteiger partial charge in [0.05, 0.1) is 12.3 Å². The number of carbonyl (C=O) groups is 1. The summed E-state index contributed by atoms with van der Waals surface area (Å²) in [6, 6.07) is 0. The lowest BCUT2D eigenvalue weighted by atomic mass is 10.4. The first kappa shape index (κ1) is 5.04. The molecule has 1 saturated heterocycles. The van der Waals surface area contributed by atoms with Crippen LogP contribution in [0.2, 0.25) is 0 Å². The van der Waals surface area contributed by atoms with Gasteiger partial charge in [0.15, 0.2) is 0 Å². The molecule has 0 N–H and O–H groups in total. The van der Waals surface area contributed by atoms with E-state index in [4.69, 9.17) is 0 Å². The highest BCUT2D eigenvalue weighted by atomic mass is 31.0. The van der Waals surface area contributed by atoms with Crippen LogP contribution in [0.25, 0.3) is 0 Å². The molecule has 1 aliphatic heterocycles. The lowest BCUT2D eigenvalue weighted by molar-refractivity contribution is -0.137. The topological polar surface area (TPSA) is 26.3 Å². The third kappa shape index (κ3) is 0.916. The first-order valence-corrected chi connectivity index (χ1v) is 2.89. The molecular weight excluding hydrogens is 111 g/mol. The van der Waals surface area contributed by atoms with Crippen LogP contribution in [0.3, 0.4) is 0 Å². The third-order valence-electron chi connectivity index (χ3n) is 0.976. The Morgan fingerprint density at radius 3 is 2.71 bits per heavy atom. The molecule has 0 saturated carbocycles. The fourth-order valence-corrected chi connectivity index (χ4v) is 0.744. The molecule has 7 heavy (non-hydrogen) atoms. The summed E-state index contributed by atoms with van der Waals surface area (Å²) in [5, 5.41) is 0. The molecule has 0 radical (unpaired) electrons. The monoisotopic (exact) mass is 118 g/mol. The van der Waals surface area contributed by atoms with Crippen molar-refractivity contribution >= 4 is 15.2 Å². The van der Waals surface area contributed by atoms with Crippen molar-refractivity contribution in [3.05, 3.63) is 0 Å². The molecule has 2 nitrogen and oxygen atoms in total. The van der Waals surface area contributed by atoms with Crippen LogP contribution in [0.15, 0.2) is 0 Å². The number of ether oxygens (including phenoxy) is 1. The molecule has 0 aromatic heterocycles. The summed E-state index contributed by atoms with van der Waals surface area (Å²) in [6.45, 7) is 0.604. The molecule has 40 valence electrons. The summed E-state index contributed by atoms with van der Waals surface area (Å²) in [5.74, 6) is -0.0787. The Morgan fingerprint density at radius 1 is 1.86 bits per heavy atom. The van der Waals surface area contributed by atoms with Gasteiger partial charge in [-0.05, 0) is 6.42 Å². The van der Waals surface area contributed by atoms with Crippen LogP contribution < -0.4 is 0 Å². The number of hydrogen-bond acceptors (Lipinski definition) is 2. The Kier molecular flexibility index (Phi) is 1.29. The van der Waals surface area contributed by atoms with E-state index in [1.165, 1.54) is 0 Å². The molecule has 0 aromatic carbocycles. The van der Waals surface area contributed by atoms with Crippen molar-refractivity contribution in [1.82, 2.24) is 0 Å². The molecule has 1 aliphatic rings. The predicted molar refractivity (Wildman–Crippen MR) is 29.1 cm³/mol. The van der Waals surface area contributed by atoms with Gasteiger partial charge in [0.2, 0.25) is 0 Å². The molecular formula is C4H7O2P. The van der Waals surface area contributed by atoms with E-state index >= 15 is 0 Å². The molecule has 1 heterocycles. The van der Waals surface area contributed by atoms with Crippen molar-refractivity contribution in [2.45, 2.75) is 12.1 Å². The fourth-order valence-electron chi connectivity index (χ4n) is 0.511. The highest BCUT2D eigenvalue weighted by Gasteiger charge is 2.20. The van der Waals surface area contributed by atoms with Crippen LogP contribution in [0.4, 0.5) is 0 Å². The SMILES string of the molecule is O=C1OCCC1P. The molecule has 3 heteroatoms. The van der Waals surface area contributed by atoms with Crippen molar-refractivity contribution in [2.75, 3.05) is 6.61 Å². The van der Waals surface area contributed by atoms with Crippen LogP contribution in [0.1, 0.15) is 6.42 Å². The molecule has 0 aliphatic carbocycles. The smallest absolute Gasteiger partial charge is 0.312 e. The van der Waals surface area contributed by atoms with E-state index in [-0.39, 0.29) is 11.6 Å². The standard InChI is InChI=1S/C4H7O2P/c5-4-3(7)1-2-6-4/h3H,1-2,7H2. The Morgan fingerprint density at radius 2 is 2.57 bits per heavy atom. The van der Waals surface area contributed by atoms with Crippen LogP contribution in [0, 0.1) is 0 Å². The van der Waals surface area contributed by atoms with E-state index in [0.717, 1.165) is 6.42 Å². The van der Waals surface area contributed by atoms with Gasteiger partial charge in [0.1, 0.15) is 0 Å². The minimum Gasteiger partial charge on any atom is -0.465 e. The Hall–Kier alpha value is -0.100. The second-order valence-electron chi connectivity index (χ2n) is 1.56. The molecule has 0 bridgehead atoms. The highest BCUT2D eigenvalue weighted by molar-refractivity contribution is 7.19. The number of hydrogen-bond donors (Lipinski definition) is 0. The van der Waals surface area contributed by atoms with Gasteiger partial charge in [-0.2, -0.15) is 0 Å². The lowest BCUT2D eigenvalue weighted by Gasteiger charge is -1.88. The second kappa shape index (κ2) is 1.79. The quantitative estimate of drug-likeness (QED) is 0.335. The summed E-state index contributed by atoms with van der Waals surface area (Å²) >= 11 is 0. The van der Waals surface area contributed by atoms with Crippen LogP contribution in [-0.4, -0.2) is 18.2 Å². The molecule has 2 unspecified atom stereocenters. The summed E-state index contributed by atoms with van der Waals surface area (Å²) in [4.78, 5) is 10.3. The average Bonchev–Trinajstić information content (AvgIpc) is 1.91. The van der Waals surface area contributed by atoms with E-state index in [1.807, 2.05) is 0 Å². The predicted octanol–water partition coefficient (Wildman–Crippen LogP) is 0.177. The molecule has 0 aromatic rings. The number of esters is 1. The third-order valence-corrected chi connectivity index (χ3v) is 1.58. The summed E-state index contributed by atoms with van der Waals surface area (Å²) in [6.07, 6.45) is 0.865. The molecule has 2 atom stereocenters. The highest BCUT2D eigenvalue weighted by Crippen LogP contribution is 2.13. The normalized spacial score (nSPS) is 30.4. The molecule has 0 amide bonds. The minimum absolute atomic E-state index is 0.0694. The summed E-state index contributed by atoms with van der Waals surface area (Å²) < 4.78 is 4.61. The molecule has 1 rings (SSSR count). The maximum Gasteiger partial charge on any atom is 0.312 e. The van der Waals surface area contributed by atoms with Crippen LogP contribution in [-0.2, 0) is 9.53 Å². The summed E-state index contributed by atoms with van der Waals surface area (Å²) in [7, 11) is 2.44. The minimum atomic E-state index is -0.0787. The Bertz CT molecular complexity index is 91.7. The van der Waals surface area contributed by atoms with Gasteiger partial charge in [-0.1, -0.05) is 0 Å². The van der Waals surface area contributed by atoms with Gasteiger partial charge in [0.25, 0.3) is 0 Å². The maximum atomic E-state index is 10.3. The zero-order valence-electron chi connectivity index (χ0n) is 3.89. The zero-order valence-corrected chi connectivity index (χ0v) is 5.04. The van der Waals surface area contributed by atoms with Crippen molar-refractivity contribution in [1.29, 1.82) is 0 Å². The van der Waals surface area contributed by atoms with Crippen LogP contribution >= 0.6 is 9.24 Å². The van der Waals surface area contributed by atoms with Gasteiger partial charge >= 0.3 is 5.97 Å². The van der Waals surface area contributed by atoms with Gasteiger partial charge in [-0.15, -0.1) is 9.24 Å². The van der Waals surface area contributed by atoms with Crippen molar-refractivity contribution in [2.24, 2.45) is 0 Å². The molecule has 0 spiro atoms. The van der Waals surface area contributed by atoms with E-state index < -0.39 is 0 Å². The van der Waals surface area contributed by atoms with Gasteiger partial charge in [-0.3, -0.25) is 4.79 Å². The van der Waals surface area contributed by atoms with Crippen molar-refractivity contribution in [3.8, 4) is 0 Å². The van der Waals surface area contributed by atoms with E-state index in [2.05, 4.69) is 14.0 Å². The van der Waals surface area contributed by atoms with Gasteiger partial charge in [0, 0.05) is 0 Å². The van der Waals surface area contributed by atoms with Gasteiger partial charge < -0.3 is 4.74 Å². The second-order valence-corrected chi connectivity index (χ2v) is 2.37. The zero-order chi connectivity index (χ0) is 5.28. The Balaban J connectivity index is 2.48. The summed E-state index contributed by atoms with van der Waals surface area (Å²) in [5.41, 5.74) is 0.0694. The Labute approximate surface area is 44.4 Å². The average molecular weight is 118 g/mol. The lowest BCUT2D eigenvalue weighted by Crippen LogP contribution is -2.03. The first-order valence-electron chi connectivity index (χ1n) is 2.23. The maximum absolute atomic E-state index is 10.3. The molecule has 1 fully saturated rings. The largest absolute Gasteiger partial charge is 0.465 e. The first-order chi connectivity index (χ1) is 3.30.